The Morgan fingerprint density at radius 1 is 1.03 bits per heavy atom. The van der Waals surface area contributed by atoms with Crippen LogP contribution in [-0.4, -0.2) is 26.3 Å². The van der Waals surface area contributed by atoms with Gasteiger partial charge in [-0.2, -0.15) is 17.5 Å². The van der Waals surface area contributed by atoms with Gasteiger partial charge in [-0.1, -0.05) is 39.1 Å². The van der Waals surface area contributed by atoms with Crippen LogP contribution in [0.2, 0.25) is 0 Å². The molecule has 0 spiro atoms. The molecule has 0 aliphatic heterocycles. The molecular formula is C26H18BrF3N5O2S+. The summed E-state index contributed by atoms with van der Waals surface area (Å²) < 4.78 is 48.9. The first-order valence-corrected chi connectivity index (χ1v) is 12.7. The number of fused-ring (bicyclic) bond motifs is 1. The minimum Gasteiger partial charge on any atom is -0.497 e. The molecule has 0 fully saturated rings. The Kier molecular flexibility index (Phi) is 7.09. The number of halogens is 4. The lowest BCUT2D eigenvalue weighted by Crippen LogP contribution is -2.29. The van der Waals surface area contributed by atoms with Gasteiger partial charge in [0.25, 0.3) is 10.8 Å². The summed E-state index contributed by atoms with van der Waals surface area (Å²) in [4.78, 5) is 23.0. The van der Waals surface area contributed by atoms with Crippen molar-refractivity contribution in [2.24, 2.45) is 0 Å². The molecule has 192 valence electrons. The number of hydrogen-bond donors (Lipinski definition) is 0. The molecule has 0 atom stereocenters. The number of benzene rings is 3. The predicted molar refractivity (Wildman–Crippen MR) is 142 cm³/mol. The van der Waals surface area contributed by atoms with Crippen molar-refractivity contribution in [2.45, 2.75) is 12.7 Å². The minimum absolute atomic E-state index is 0.237. The van der Waals surface area contributed by atoms with Crippen LogP contribution < -0.4 is 9.75 Å². The third kappa shape index (κ3) is 5.22. The molecule has 3 aromatic carbocycles. The van der Waals surface area contributed by atoms with E-state index in [-0.39, 0.29) is 11.0 Å². The van der Waals surface area contributed by atoms with Gasteiger partial charge in [0.05, 0.1) is 23.3 Å². The average molecular weight is 601 g/mol. The number of ether oxygens (including phenoxy) is 1. The first kappa shape index (κ1) is 25.7. The van der Waals surface area contributed by atoms with Crippen molar-refractivity contribution in [1.82, 2.24) is 14.3 Å². The molecule has 2 heterocycles. The Hall–Kier alpha value is -3.90. The molecule has 0 radical (unpaired) electrons. The molecule has 7 nitrogen and oxygen atoms in total. The van der Waals surface area contributed by atoms with E-state index in [2.05, 4.69) is 30.3 Å². The lowest BCUT2D eigenvalue weighted by molar-refractivity contribution is -0.480. The van der Waals surface area contributed by atoms with Gasteiger partial charge >= 0.3 is 6.18 Å². The maximum Gasteiger partial charge on any atom is 0.416 e. The fourth-order valence-electron chi connectivity index (χ4n) is 3.92. The second-order valence-corrected chi connectivity index (χ2v) is 9.77. The molecule has 0 aliphatic carbocycles. The van der Waals surface area contributed by atoms with Crippen LogP contribution >= 0.6 is 27.5 Å². The van der Waals surface area contributed by atoms with Gasteiger partial charge in [-0.15, -0.1) is 0 Å². The van der Waals surface area contributed by atoms with Crippen LogP contribution in [0.4, 0.5) is 24.0 Å². The molecule has 0 bridgehead atoms. The van der Waals surface area contributed by atoms with Gasteiger partial charge in [0.1, 0.15) is 18.6 Å². The Labute approximate surface area is 227 Å². The first-order chi connectivity index (χ1) is 18.2. The SMILES string of the molecule is COc1ccc(CN(c2ncns2)[N+](=O)c2ccc3c(-c4ccc(C(F)(F)F)cc4Br)nccc3c2)cc1. The van der Waals surface area contributed by atoms with E-state index in [0.29, 0.717) is 38.6 Å². The molecule has 0 saturated carbocycles. The fourth-order valence-corrected chi connectivity index (χ4v) is 5.00. The number of aromatic nitrogens is 3. The minimum atomic E-state index is -4.45. The highest BCUT2D eigenvalue weighted by atomic mass is 79.9. The number of nitroso groups, excluding NO2 is 1. The highest BCUT2D eigenvalue weighted by Gasteiger charge is 2.32. The summed E-state index contributed by atoms with van der Waals surface area (Å²) in [6.45, 7) is 0.237. The lowest BCUT2D eigenvalue weighted by Gasteiger charge is -2.13. The van der Waals surface area contributed by atoms with Gasteiger partial charge in [0, 0.05) is 45.3 Å². The number of methoxy groups -OCH3 is 1. The molecule has 38 heavy (non-hydrogen) atoms. The number of nitrogens with zero attached hydrogens (tertiary/aromatic N) is 5. The Morgan fingerprint density at radius 2 is 1.82 bits per heavy atom. The van der Waals surface area contributed by atoms with Crippen molar-refractivity contribution in [1.29, 1.82) is 0 Å². The molecular weight excluding hydrogens is 583 g/mol. The second kappa shape index (κ2) is 10.5. The van der Waals surface area contributed by atoms with Crippen LogP contribution in [0.3, 0.4) is 0 Å². The van der Waals surface area contributed by atoms with E-state index < -0.39 is 11.7 Å². The van der Waals surface area contributed by atoms with Crippen LogP contribution in [0.1, 0.15) is 11.1 Å². The van der Waals surface area contributed by atoms with Crippen molar-refractivity contribution in [3.8, 4) is 17.0 Å². The third-order valence-electron chi connectivity index (χ3n) is 5.80. The Morgan fingerprint density at radius 3 is 2.47 bits per heavy atom. The number of hydrazine groups is 1. The van der Waals surface area contributed by atoms with Crippen molar-refractivity contribution in [3.63, 3.8) is 0 Å². The van der Waals surface area contributed by atoms with Crippen molar-refractivity contribution >= 4 is 49.1 Å². The van der Waals surface area contributed by atoms with E-state index in [4.69, 9.17) is 4.74 Å². The zero-order valence-corrected chi connectivity index (χ0v) is 22.1. The molecule has 0 unspecified atom stereocenters. The zero-order chi connectivity index (χ0) is 26.9. The van der Waals surface area contributed by atoms with Crippen molar-refractivity contribution in [3.05, 3.63) is 99.8 Å². The molecule has 12 heteroatoms. The van der Waals surface area contributed by atoms with Gasteiger partial charge < -0.3 is 4.74 Å². The largest absolute Gasteiger partial charge is 0.497 e. The second-order valence-electron chi connectivity index (χ2n) is 8.16. The monoisotopic (exact) mass is 600 g/mol. The molecule has 0 N–H and O–H groups in total. The van der Waals surface area contributed by atoms with E-state index >= 15 is 0 Å². The van der Waals surface area contributed by atoms with E-state index in [9.17, 15) is 18.1 Å². The van der Waals surface area contributed by atoms with Crippen LogP contribution in [0.25, 0.3) is 22.0 Å². The van der Waals surface area contributed by atoms with Crippen LogP contribution in [-0.2, 0) is 12.7 Å². The highest BCUT2D eigenvalue weighted by Crippen LogP contribution is 2.38. The number of rotatable bonds is 7. The summed E-state index contributed by atoms with van der Waals surface area (Å²) in [6.07, 6.45) is -1.51. The molecule has 0 amide bonds. The number of alkyl halides is 3. The molecule has 5 rings (SSSR count). The van der Waals surface area contributed by atoms with E-state index in [1.165, 1.54) is 17.4 Å². The summed E-state index contributed by atoms with van der Waals surface area (Å²) >= 11 is 4.35. The summed E-state index contributed by atoms with van der Waals surface area (Å²) in [5.74, 6) is 0.703. The molecule has 2 aromatic heterocycles. The number of anilines is 1. The van der Waals surface area contributed by atoms with E-state index in [1.807, 2.05) is 24.3 Å². The van der Waals surface area contributed by atoms with E-state index in [0.717, 1.165) is 34.1 Å². The maximum absolute atomic E-state index is 13.6. The van der Waals surface area contributed by atoms with Gasteiger partial charge in [-0.25, -0.2) is 4.98 Å². The molecule has 0 aliphatic rings. The summed E-state index contributed by atoms with van der Waals surface area (Å²) in [5.41, 5.74) is 1.44. The third-order valence-corrected chi connectivity index (χ3v) is 7.14. The van der Waals surface area contributed by atoms with Gasteiger partial charge in [-0.05, 0) is 47.3 Å². The average Bonchev–Trinajstić information content (AvgIpc) is 3.45. The summed E-state index contributed by atoms with van der Waals surface area (Å²) in [5, 5.41) is 3.26. The molecule has 0 saturated heterocycles. The van der Waals surface area contributed by atoms with Crippen LogP contribution in [0, 0.1) is 4.91 Å². The quantitative estimate of drug-likeness (QED) is 0.142. The number of pyridine rings is 1. The topological polar surface area (TPSA) is 71.2 Å². The summed E-state index contributed by atoms with van der Waals surface area (Å²) in [7, 11) is 1.58. The summed E-state index contributed by atoms with van der Waals surface area (Å²) in [6, 6.07) is 17.6. The van der Waals surface area contributed by atoms with Crippen LogP contribution in [0.15, 0.2) is 83.7 Å². The lowest BCUT2D eigenvalue weighted by atomic mass is 10.0. The highest BCUT2D eigenvalue weighted by molar-refractivity contribution is 9.10. The normalized spacial score (nSPS) is 11.5. The maximum atomic E-state index is 13.6. The number of hydrogen-bond acceptors (Lipinski definition) is 6. The molecule has 5 aromatic rings. The fraction of sp³-hybridized carbons (Fsp3) is 0.115. The van der Waals surface area contributed by atoms with Crippen LogP contribution in [0.5, 0.6) is 5.75 Å². The van der Waals surface area contributed by atoms with Gasteiger partial charge in [0.15, 0.2) is 4.87 Å². The Balaban J connectivity index is 1.50. The standard InChI is InChI=1S/C26H18BrF3N5O2S/c1-37-20-6-2-16(3-7-20)14-34(25-32-15-33-38-25)35(36)19-5-9-21-17(12-19)10-11-31-24(21)22-8-4-18(13-23(22)27)26(28,29)30/h2-13,15H,14H2,1H3/q+1. The van der Waals surface area contributed by atoms with Crippen molar-refractivity contribution in [2.75, 3.05) is 12.1 Å². The smallest absolute Gasteiger partial charge is 0.416 e. The van der Waals surface area contributed by atoms with E-state index in [1.54, 1.807) is 37.6 Å². The van der Waals surface area contributed by atoms with Gasteiger partial charge in [-0.3, -0.25) is 4.98 Å². The van der Waals surface area contributed by atoms with Crippen molar-refractivity contribution < 1.29 is 22.8 Å². The van der Waals surface area contributed by atoms with Gasteiger partial charge in [0.2, 0.25) is 0 Å². The predicted octanol–water partition coefficient (Wildman–Crippen LogP) is 7.58. The first-order valence-electron chi connectivity index (χ1n) is 11.1. The zero-order valence-electron chi connectivity index (χ0n) is 19.7. The Bertz CT molecular complexity index is 1610.